The molecule has 0 saturated carbocycles. The van der Waals surface area contributed by atoms with E-state index in [9.17, 15) is 13.2 Å². The Kier molecular flexibility index (Phi) is 4.32. The highest BCUT2D eigenvalue weighted by Gasteiger charge is 2.28. The Morgan fingerprint density at radius 2 is 2.14 bits per heavy atom. The number of nitrogens with one attached hydrogen (secondary N) is 1. The summed E-state index contributed by atoms with van der Waals surface area (Å²) in [7, 11) is -3.83. The van der Waals surface area contributed by atoms with Gasteiger partial charge in [0.15, 0.2) is 0 Å². The van der Waals surface area contributed by atoms with Crippen LogP contribution in [0.4, 0.5) is 0 Å². The molecule has 0 heterocycles. The topological polar surface area (TPSA) is 107 Å². The van der Waals surface area contributed by atoms with E-state index in [0.717, 1.165) is 0 Å². The van der Waals surface area contributed by atoms with Gasteiger partial charge in [-0.05, 0) is 24.6 Å². The van der Waals surface area contributed by atoms with E-state index in [2.05, 4.69) is 4.72 Å². The number of aliphatic carboxylic acids is 1. The Morgan fingerprint density at radius 3 is 2.67 bits per heavy atom. The van der Waals surface area contributed by atoms with Gasteiger partial charge in [-0.25, -0.2) is 13.1 Å². The van der Waals surface area contributed by atoms with E-state index in [1.54, 1.807) is 0 Å². The number of nitriles is 1. The zero-order chi connectivity index (χ0) is 15.6. The molecule has 0 fully saturated rings. The van der Waals surface area contributed by atoms with Gasteiger partial charge in [0.25, 0.3) is 0 Å². The molecule has 0 radical (unpaired) electrons. The molecule has 2 atom stereocenters. The molecule has 21 heavy (non-hydrogen) atoms. The van der Waals surface area contributed by atoms with E-state index in [4.69, 9.17) is 22.0 Å². The van der Waals surface area contributed by atoms with Gasteiger partial charge in [0.1, 0.15) is 6.07 Å². The third-order valence-electron chi connectivity index (χ3n) is 3.08. The average Bonchev–Trinajstić information content (AvgIpc) is 2.86. The average molecular weight is 327 g/mol. The van der Waals surface area contributed by atoms with Gasteiger partial charge in [-0.15, -0.1) is 0 Å². The summed E-state index contributed by atoms with van der Waals surface area (Å²) < 4.78 is 26.8. The molecule has 110 valence electrons. The lowest BCUT2D eigenvalue weighted by atomic mass is 10.1. The molecular formula is C13H11ClN2O4S. The normalized spacial score (nSPS) is 21.1. The van der Waals surface area contributed by atoms with Crippen LogP contribution in [0.1, 0.15) is 12.0 Å². The van der Waals surface area contributed by atoms with Gasteiger partial charge in [-0.2, -0.15) is 5.26 Å². The molecule has 2 N–H and O–H groups in total. The number of sulfonamides is 1. The van der Waals surface area contributed by atoms with E-state index in [-0.39, 0.29) is 21.9 Å². The summed E-state index contributed by atoms with van der Waals surface area (Å²) in [6, 6.07) is 5.05. The van der Waals surface area contributed by atoms with Gasteiger partial charge in [0.05, 0.1) is 21.4 Å². The molecule has 6 nitrogen and oxygen atoms in total. The third-order valence-corrected chi connectivity index (χ3v) is 4.88. The lowest BCUT2D eigenvalue weighted by Gasteiger charge is -2.13. The van der Waals surface area contributed by atoms with Crippen molar-refractivity contribution in [1.29, 1.82) is 5.26 Å². The molecule has 1 aromatic rings. The van der Waals surface area contributed by atoms with Gasteiger partial charge in [-0.1, -0.05) is 23.8 Å². The second-order valence-corrected chi connectivity index (χ2v) is 6.67. The summed E-state index contributed by atoms with van der Waals surface area (Å²) in [5, 5.41) is 17.7. The molecule has 0 amide bonds. The number of hydrogen-bond acceptors (Lipinski definition) is 4. The Bertz CT molecular complexity index is 752. The largest absolute Gasteiger partial charge is 0.481 e. The molecule has 0 saturated heterocycles. The number of rotatable bonds is 4. The summed E-state index contributed by atoms with van der Waals surface area (Å²) in [6.45, 7) is 0. The van der Waals surface area contributed by atoms with E-state index in [1.807, 2.05) is 6.07 Å². The molecule has 1 aromatic carbocycles. The molecule has 2 unspecified atom stereocenters. The van der Waals surface area contributed by atoms with E-state index >= 15 is 0 Å². The first kappa shape index (κ1) is 15.5. The summed E-state index contributed by atoms with van der Waals surface area (Å²) in [4.78, 5) is 10.8. The van der Waals surface area contributed by atoms with Crippen molar-refractivity contribution in [2.24, 2.45) is 5.92 Å². The van der Waals surface area contributed by atoms with Crippen molar-refractivity contribution in [3.8, 4) is 6.07 Å². The summed E-state index contributed by atoms with van der Waals surface area (Å²) in [6.07, 6.45) is 3.14. The lowest BCUT2D eigenvalue weighted by Crippen LogP contribution is -2.33. The fraction of sp³-hybridized carbons (Fsp3) is 0.231. The highest BCUT2D eigenvalue weighted by molar-refractivity contribution is 7.89. The van der Waals surface area contributed by atoms with Gasteiger partial charge in [0.2, 0.25) is 10.0 Å². The minimum atomic E-state index is -3.83. The van der Waals surface area contributed by atoms with Crippen LogP contribution in [0.2, 0.25) is 5.02 Å². The Hall–Kier alpha value is -1.88. The van der Waals surface area contributed by atoms with Crippen molar-refractivity contribution in [3.63, 3.8) is 0 Å². The van der Waals surface area contributed by atoms with Crippen LogP contribution < -0.4 is 4.72 Å². The van der Waals surface area contributed by atoms with Crippen LogP contribution in [-0.4, -0.2) is 25.5 Å². The number of hydrogen-bond donors (Lipinski definition) is 2. The second-order valence-electron chi connectivity index (χ2n) is 4.55. The maximum Gasteiger partial charge on any atom is 0.310 e. The van der Waals surface area contributed by atoms with E-state index in [0.29, 0.717) is 0 Å². The highest BCUT2D eigenvalue weighted by Crippen LogP contribution is 2.23. The molecule has 8 heteroatoms. The van der Waals surface area contributed by atoms with Gasteiger partial charge in [0, 0.05) is 6.04 Å². The highest BCUT2D eigenvalue weighted by atomic mass is 35.5. The SMILES string of the molecule is N#Cc1ccc(S(=O)(=O)NC2C=CC(C(=O)O)C2)cc1Cl. The quantitative estimate of drug-likeness (QED) is 0.816. The van der Waals surface area contributed by atoms with Gasteiger partial charge < -0.3 is 5.11 Å². The van der Waals surface area contributed by atoms with E-state index < -0.39 is 28.0 Å². The summed E-state index contributed by atoms with van der Waals surface area (Å²) >= 11 is 5.81. The molecule has 2 rings (SSSR count). The first-order valence-electron chi connectivity index (χ1n) is 5.96. The molecular weight excluding hydrogens is 316 g/mol. The predicted molar refractivity (Wildman–Crippen MR) is 75.2 cm³/mol. The molecule has 0 spiro atoms. The zero-order valence-electron chi connectivity index (χ0n) is 10.7. The summed E-state index contributed by atoms with van der Waals surface area (Å²) in [5.41, 5.74) is 0.183. The fourth-order valence-corrected chi connectivity index (χ4v) is 3.51. The van der Waals surface area contributed by atoms with Crippen molar-refractivity contribution < 1.29 is 18.3 Å². The van der Waals surface area contributed by atoms with Crippen molar-refractivity contribution in [1.82, 2.24) is 4.72 Å². The standard InChI is InChI=1S/C13H11ClN2O4S/c14-12-6-11(4-2-9(12)7-15)21(19,20)16-10-3-1-8(5-10)13(17)18/h1-4,6,8,10,16H,5H2,(H,17,18). The molecule has 0 aliphatic heterocycles. The van der Waals surface area contributed by atoms with Crippen molar-refractivity contribution in [3.05, 3.63) is 40.9 Å². The third kappa shape index (κ3) is 3.42. The number of carboxylic acids is 1. The van der Waals surface area contributed by atoms with Crippen LogP contribution in [0.25, 0.3) is 0 Å². The minimum Gasteiger partial charge on any atom is -0.481 e. The maximum atomic E-state index is 12.2. The van der Waals surface area contributed by atoms with Gasteiger partial charge in [-0.3, -0.25) is 4.79 Å². The van der Waals surface area contributed by atoms with Crippen LogP contribution >= 0.6 is 11.6 Å². The zero-order valence-corrected chi connectivity index (χ0v) is 12.2. The lowest BCUT2D eigenvalue weighted by molar-refractivity contribution is -0.140. The van der Waals surface area contributed by atoms with Crippen molar-refractivity contribution in [2.75, 3.05) is 0 Å². The monoisotopic (exact) mass is 326 g/mol. The van der Waals surface area contributed by atoms with Gasteiger partial charge >= 0.3 is 5.97 Å². The number of halogens is 1. The predicted octanol–water partition coefficient (Wildman–Crippen LogP) is 1.52. The van der Waals surface area contributed by atoms with Crippen molar-refractivity contribution >= 4 is 27.6 Å². The van der Waals surface area contributed by atoms with Crippen LogP contribution in [0.15, 0.2) is 35.2 Å². The number of nitrogens with zero attached hydrogens (tertiary/aromatic N) is 1. The van der Waals surface area contributed by atoms with Crippen LogP contribution in [0, 0.1) is 17.2 Å². The first-order valence-corrected chi connectivity index (χ1v) is 7.82. The first-order chi connectivity index (χ1) is 9.83. The molecule has 1 aliphatic rings. The number of benzene rings is 1. The minimum absolute atomic E-state index is 0.0470. The molecule has 1 aliphatic carbocycles. The smallest absolute Gasteiger partial charge is 0.310 e. The molecule has 0 bridgehead atoms. The van der Waals surface area contributed by atoms with Crippen LogP contribution in [0.5, 0.6) is 0 Å². The van der Waals surface area contributed by atoms with E-state index in [1.165, 1.54) is 30.4 Å². The van der Waals surface area contributed by atoms with Crippen LogP contribution in [0.3, 0.4) is 0 Å². The number of carbonyl (C=O) groups is 1. The second kappa shape index (κ2) is 5.85. The van der Waals surface area contributed by atoms with Crippen LogP contribution in [-0.2, 0) is 14.8 Å². The Morgan fingerprint density at radius 1 is 1.43 bits per heavy atom. The number of carboxylic acid groups (broad SMARTS) is 1. The van der Waals surface area contributed by atoms with Crippen molar-refractivity contribution in [2.45, 2.75) is 17.4 Å². The fourth-order valence-electron chi connectivity index (χ4n) is 1.99. The maximum absolute atomic E-state index is 12.2. The summed E-state index contributed by atoms with van der Waals surface area (Å²) in [5.74, 6) is -1.68. The molecule has 0 aromatic heterocycles. The Labute approximate surface area is 126 Å². The Balaban J connectivity index is 2.17.